The van der Waals surface area contributed by atoms with Gasteiger partial charge in [0.05, 0.1) is 27.6 Å². The number of halogens is 2. The molecule has 0 aliphatic heterocycles. The summed E-state index contributed by atoms with van der Waals surface area (Å²) in [7, 11) is 120. The number of aromatic nitrogens is 4. The van der Waals surface area contributed by atoms with Gasteiger partial charge in [-0.15, -0.1) is 314 Å². The third-order valence-electron chi connectivity index (χ3n) is 11.7. The number of hydrogen-bond donors (Lipinski definition) is 3. The third-order valence-corrected chi connectivity index (χ3v) is 484. The summed E-state index contributed by atoms with van der Waals surface area (Å²) < 4.78 is 57.9. The van der Waals surface area contributed by atoms with Gasteiger partial charge >= 0.3 is 0 Å². The molecule has 0 spiro atoms. The van der Waals surface area contributed by atoms with E-state index in [1.807, 2.05) is 0 Å². The zero-order valence-corrected chi connectivity index (χ0v) is 125. The molecule has 604 valence electrons. The number of nitrogen functional groups attached to an aromatic ring is 1. The fourth-order valence-electron chi connectivity index (χ4n) is 7.66. The van der Waals surface area contributed by atoms with Crippen molar-refractivity contribution in [1.29, 1.82) is 0 Å². The van der Waals surface area contributed by atoms with E-state index in [2.05, 4.69) is 329 Å². The minimum absolute atomic E-state index is 0.00994. The molecule has 10 nitrogen and oxygen atoms in total. The molecule has 40 atom stereocenters. The standard InChI is InChI=1S/C25H26F2N6O4S.H69P67/c1-15(8-11-34)38(35,36)18-5-3-17(4-6-18)21-14-30-23(28)22(31-21)25-33-32-24(37-25)19-7-2-16(12-20(19)27)13-29-10-9-26;1-35-52(34)61(53(36(2)3)37(4)5)65(60(50(30)31)51(32)33)67(64(58(46(22)23)47(24)25)59(48(26)27)49(28)29)66(62(54(38(6)7)39(8)9)55(40(10)11)41(12)13)63(56(42(14)15)43(16)17)57(44(18)19)45(20)21/h2-7,12,14-15,29,34H,8-11,13H2,1H3,(H2,28,30);35H,1-34H2. The molecule has 0 saturated heterocycles. The maximum Gasteiger partial charge on any atom is 0.270 e. The van der Waals surface area contributed by atoms with Crippen LogP contribution in [0.25, 0.3) is 34.3 Å². The van der Waals surface area contributed by atoms with E-state index in [4.69, 9.17) is 15.3 Å². The Balaban J connectivity index is 0.000000628. The average Bonchev–Trinajstić information content (AvgIpc) is 1.13. The van der Waals surface area contributed by atoms with Crippen molar-refractivity contribution in [2.24, 2.45) is 0 Å². The molecule has 0 fully saturated rings. The topological polar surface area (TPSA) is 157 Å². The average molecular weight is 2690 g/mol. The van der Waals surface area contributed by atoms with Gasteiger partial charge in [0.2, 0.25) is 0 Å². The monoisotopic (exact) mass is 2690 g/mol. The highest BCUT2D eigenvalue weighted by atomic mass is 33.6. The lowest BCUT2D eigenvalue weighted by atomic mass is 10.1. The predicted molar refractivity (Wildman–Crippen MR) is 696 cm³/mol. The number of nitrogens with one attached hydrogen (secondary N) is 1. The van der Waals surface area contributed by atoms with Crippen molar-refractivity contribution < 1.29 is 26.7 Å². The molecule has 4 N–H and O–H groups in total. The molecule has 40 unspecified atom stereocenters. The van der Waals surface area contributed by atoms with Crippen molar-refractivity contribution in [1.82, 2.24) is 25.5 Å². The number of sulfone groups is 1. The van der Waals surface area contributed by atoms with Crippen LogP contribution in [0.3, 0.4) is 0 Å². The van der Waals surface area contributed by atoms with Crippen molar-refractivity contribution in [3.8, 4) is 34.3 Å². The molecule has 0 aliphatic carbocycles. The molecule has 0 radical (unpaired) electrons. The zero-order valence-electron chi connectivity index (χ0n) is 54.9. The summed E-state index contributed by atoms with van der Waals surface area (Å²) >= 11 is 0. The molecule has 0 bridgehead atoms. The summed E-state index contributed by atoms with van der Waals surface area (Å²) in [5.74, 6) is -0.734. The normalized spacial score (nSPS) is 15.0. The molecular weight excluding hydrogens is 2590 g/mol. The number of aliphatic hydroxyl groups excluding tert-OH is 1. The van der Waals surface area contributed by atoms with Crippen LogP contribution in [0.2, 0.25) is 0 Å². The summed E-state index contributed by atoms with van der Waals surface area (Å²) in [5, 5.41) is 19.0. The van der Waals surface area contributed by atoms with Gasteiger partial charge in [-0.25, -0.2) is 27.2 Å². The Kier molecular flexibility index (Phi) is 77.1. The largest absolute Gasteiger partial charge is 0.414 e. The molecule has 4 aromatic rings. The van der Waals surface area contributed by atoms with Crippen LogP contribution in [-0.2, 0) is 16.4 Å². The molecule has 2 aromatic heterocycles. The molecule has 0 aliphatic rings. The van der Waals surface area contributed by atoms with Gasteiger partial charge in [-0.3, -0.25) is 0 Å². The Morgan fingerprint density at radius 3 is 1.13 bits per heavy atom. The molecule has 105 heavy (non-hydrogen) atoms. The lowest BCUT2D eigenvalue weighted by Crippen LogP contribution is -2.19. The number of aliphatic hydroxyl groups is 1. The van der Waals surface area contributed by atoms with Gasteiger partial charge in [0.25, 0.3) is 11.8 Å². The lowest BCUT2D eigenvalue weighted by molar-refractivity contribution is 0.287. The summed E-state index contributed by atoms with van der Waals surface area (Å²) in [4.78, 5) is 8.72. The number of benzene rings is 2. The highest BCUT2D eigenvalue weighted by Gasteiger charge is 2.63. The quantitative estimate of drug-likeness (QED) is 0.0288. The Hall–Kier alpha value is 25.0. The Morgan fingerprint density at radius 2 is 0.819 bits per heavy atom. The number of nitrogens with two attached hydrogens (primary N) is 1. The van der Waals surface area contributed by atoms with Gasteiger partial charge in [-0.05, 0) is 267 Å². The van der Waals surface area contributed by atoms with Crippen LogP contribution in [0.5, 0.6) is 0 Å². The summed E-state index contributed by atoms with van der Waals surface area (Å²) in [5.41, 5.74) is 7.72. The van der Waals surface area contributed by atoms with Crippen LogP contribution in [0.1, 0.15) is 18.9 Å². The van der Waals surface area contributed by atoms with Crippen molar-refractivity contribution in [3.63, 3.8) is 0 Å². The van der Waals surface area contributed by atoms with E-state index >= 15 is 0 Å². The van der Waals surface area contributed by atoms with Gasteiger partial charge < -0.3 is 20.6 Å². The highest BCUT2D eigenvalue weighted by Crippen LogP contribution is 3.50. The van der Waals surface area contributed by atoms with E-state index < -0.39 is 27.6 Å². The highest BCUT2D eigenvalue weighted by molar-refractivity contribution is 9.55. The molecule has 0 amide bonds. The maximum atomic E-state index is 14.7. The molecular formula is C25H95F2N6O4P67S. The van der Waals surface area contributed by atoms with Crippen molar-refractivity contribution >= 4 is 551 Å². The van der Waals surface area contributed by atoms with Crippen molar-refractivity contribution in [2.45, 2.75) is 30.0 Å². The summed E-state index contributed by atoms with van der Waals surface area (Å²) in [6.07, 6.45) is 1.55. The summed E-state index contributed by atoms with van der Waals surface area (Å²) in [6, 6.07) is 10.5. The molecule has 4 rings (SSSR count). The third kappa shape index (κ3) is 40.0. The van der Waals surface area contributed by atoms with E-state index in [1.54, 1.807) is 25.1 Å². The second-order valence-corrected chi connectivity index (χ2v) is 296. The minimum Gasteiger partial charge on any atom is -0.414 e. The van der Waals surface area contributed by atoms with E-state index in [9.17, 15) is 17.2 Å². The van der Waals surface area contributed by atoms with E-state index in [0.717, 1.165) is 7.96 Å². The van der Waals surface area contributed by atoms with Gasteiger partial charge in [-0.1, -0.05) is 26.2 Å². The molecule has 80 heteroatoms. The molecule has 0 saturated carbocycles. The fraction of sp³-hybridized carbons (Fsp3) is 0.280. The van der Waals surface area contributed by atoms with Crippen LogP contribution in [0.4, 0.5) is 14.6 Å². The first-order valence-corrected chi connectivity index (χ1v) is 150. The van der Waals surface area contributed by atoms with E-state index in [-0.39, 0.29) is 277 Å². The fourth-order valence-corrected chi connectivity index (χ4v) is 981. The SMILES string of the molecule is CC(CCO)S(=O)(=O)c1ccc(-c2cnc(N)c(-c3nnc(-c4ccc(CNCCF)cc4F)o3)n2)cc1.PPP(P)P(P(P(P)P)P(P)P)P(P(P(P)P)P(P)P)P(P(P(P(P)P)P(P)P)P(P(P)P)P(P)P)P(P(P(P(P)P)P(P)P)P(P(P)P)P(P)P)P(P(P(P)P)P(P)P)P(P(P)P)P(P)P. The lowest BCUT2D eigenvalue weighted by Gasteiger charge is -2.61. The van der Waals surface area contributed by atoms with Crippen molar-refractivity contribution in [3.05, 3.63) is 60.0 Å². The Morgan fingerprint density at radius 1 is 0.495 bits per heavy atom. The summed E-state index contributed by atoms with van der Waals surface area (Å²) in [6.45, 7) is -7.15. The maximum absolute atomic E-state index is 14.7. The first-order chi connectivity index (χ1) is 48.7. The van der Waals surface area contributed by atoms with Crippen LogP contribution in [0, 0.1) is 5.82 Å². The zero-order chi connectivity index (χ0) is 80.5. The second kappa shape index (κ2) is 65.2. The number of alkyl halides is 1. The number of nitrogens with zero attached hydrogens (tertiary/aromatic N) is 4. The number of rotatable bonds is 43. The van der Waals surface area contributed by atoms with E-state index in [1.165, 1.54) is 30.5 Å². The smallest absolute Gasteiger partial charge is 0.270 e. The van der Waals surface area contributed by atoms with Gasteiger partial charge in [0.15, 0.2) is 21.3 Å². The van der Waals surface area contributed by atoms with Crippen LogP contribution in [-0.4, -0.2) is 58.8 Å². The Bertz CT molecular complexity index is 3110. The van der Waals surface area contributed by atoms with Crippen LogP contribution >= 0.6 is 535 Å². The number of hydrogen-bond acceptors (Lipinski definition) is 10. The number of anilines is 1. The van der Waals surface area contributed by atoms with Crippen LogP contribution < -0.4 is 11.1 Å². The second-order valence-electron chi connectivity index (χ2n) is 19.1. The first-order valence-electron chi connectivity index (χ1n) is 26.9. The minimum atomic E-state index is -3.59. The van der Waals surface area contributed by atoms with Gasteiger partial charge in [0, 0.05) is 25.3 Å². The van der Waals surface area contributed by atoms with Gasteiger partial charge in [-0.2, -0.15) is 0 Å². The van der Waals surface area contributed by atoms with Gasteiger partial charge in [0.1, 0.15) is 12.5 Å². The van der Waals surface area contributed by atoms with Crippen LogP contribution in [0.15, 0.2) is 58.0 Å². The first kappa shape index (κ1) is 124. The predicted octanol–water partition coefficient (Wildman–Crippen LogP) is 42.4. The van der Waals surface area contributed by atoms with E-state index in [0.29, 0.717) is 23.4 Å². The van der Waals surface area contributed by atoms with Crippen molar-refractivity contribution in [2.75, 3.05) is 25.6 Å². The molecule has 2 heterocycles. The molecule has 2 aromatic carbocycles. The Labute approximate surface area is 743 Å².